The Morgan fingerprint density at radius 1 is 1.05 bits per heavy atom. The van der Waals surface area contributed by atoms with E-state index in [-0.39, 0.29) is 39.4 Å². The number of piperidine rings is 1. The molecule has 0 radical (unpaired) electrons. The van der Waals surface area contributed by atoms with E-state index in [1.807, 2.05) is 0 Å². The van der Waals surface area contributed by atoms with Gasteiger partial charge in [0.1, 0.15) is 17.6 Å². The zero-order chi connectivity index (χ0) is 27.7. The number of amides is 2. The van der Waals surface area contributed by atoms with Crippen molar-refractivity contribution in [2.45, 2.75) is 25.3 Å². The van der Waals surface area contributed by atoms with Gasteiger partial charge in [-0.25, -0.2) is 19.9 Å². The molecule has 6 rings (SSSR count). The number of hydrogen-bond acceptors (Lipinski definition) is 9. The maximum atomic E-state index is 13.5. The molecule has 1 fully saturated rings. The molecule has 13 heteroatoms. The number of rotatable bonds is 5. The van der Waals surface area contributed by atoms with Gasteiger partial charge in [-0.2, -0.15) is 10.8 Å². The number of anilines is 1. The standard InChI is InChI=1S/C27H23ClN10O2/c28-26-31-12-9-19(34-26)25(40)37-14-2-1-4-20(37)22-21-16-30-13-15-38(21,29)23(35-22)17-5-7-18(8-6-17)24(39)36-27-32-10-3-11-33-27/h3,5-13,15-16,20H,1-2,4,14,29H2/p+1. The number of likely N-dealkylation sites (tertiary alicyclic amines) is 1. The summed E-state index contributed by atoms with van der Waals surface area (Å²) in [5.74, 6) is 7.10. The maximum absolute atomic E-state index is 13.5. The second-order valence-corrected chi connectivity index (χ2v) is 9.72. The van der Waals surface area contributed by atoms with Crippen LogP contribution < -0.4 is 11.2 Å². The van der Waals surface area contributed by atoms with E-state index in [0.717, 1.165) is 18.4 Å². The van der Waals surface area contributed by atoms with E-state index >= 15 is 0 Å². The summed E-state index contributed by atoms with van der Waals surface area (Å²) in [5, 5.41) is 2.68. The molecule has 3 N–H and O–H groups in total. The number of amidine groups is 1. The summed E-state index contributed by atoms with van der Waals surface area (Å²) in [7, 11) is 0. The molecule has 5 heterocycles. The number of carbonyl (C=O) groups excluding carboxylic acids is 2. The van der Waals surface area contributed by atoms with Crippen LogP contribution in [0, 0.1) is 0 Å². The number of nitrogens with one attached hydrogen (secondary N) is 1. The van der Waals surface area contributed by atoms with Gasteiger partial charge in [-0.15, -0.1) is 4.59 Å². The molecule has 3 aliphatic rings. The molecule has 0 bridgehead atoms. The number of halogens is 1. The Hall–Kier alpha value is -4.65. The topological polar surface area (TPSA) is 152 Å². The fourth-order valence-corrected chi connectivity index (χ4v) is 5.17. The second-order valence-electron chi connectivity index (χ2n) is 9.38. The van der Waals surface area contributed by atoms with Gasteiger partial charge in [0.15, 0.2) is 0 Å². The van der Waals surface area contributed by atoms with Gasteiger partial charge in [0.05, 0.1) is 24.0 Å². The summed E-state index contributed by atoms with van der Waals surface area (Å²) in [4.78, 5) is 53.4. The van der Waals surface area contributed by atoms with E-state index in [4.69, 9.17) is 22.4 Å². The second kappa shape index (κ2) is 10.5. The first kappa shape index (κ1) is 25.6. The van der Waals surface area contributed by atoms with E-state index in [9.17, 15) is 9.59 Å². The first-order chi connectivity index (χ1) is 19.4. The molecule has 3 aliphatic heterocycles. The van der Waals surface area contributed by atoms with Gasteiger partial charge in [0.2, 0.25) is 16.9 Å². The van der Waals surface area contributed by atoms with E-state index < -0.39 is 0 Å². The number of carbonyl (C=O) groups is 2. The zero-order valence-corrected chi connectivity index (χ0v) is 21.9. The zero-order valence-electron chi connectivity index (χ0n) is 21.2. The fourth-order valence-electron chi connectivity index (χ4n) is 5.02. The molecule has 3 aromatic rings. The van der Waals surface area contributed by atoms with Crippen LogP contribution in [0.15, 0.2) is 88.8 Å². The highest BCUT2D eigenvalue weighted by atomic mass is 35.5. The Labute approximate surface area is 234 Å². The van der Waals surface area contributed by atoms with Crippen LogP contribution in [0.1, 0.15) is 45.7 Å². The largest absolute Gasteiger partial charge is 0.328 e. The van der Waals surface area contributed by atoms with Crippen LogP contribution in [0.25, 0.3) is 0 Å². The Morgan fingerprint density at radius 3 is 2.62 bits per heavy atom. The number of fused-ring (bicyclic) bond motifs is 1. The van der Waals surface area contributed by atoms with Crippen LogP contribution in [0.5, 0.6) is 0 Å². The Kier molecular flexibility index (Phi) is 6.72. The van der Waals surface area contributed by atoms with Gasteiger partial charge < -0.3 is 4.90 Å². The summed E-state index contributed by atoms with van der Waals surface area (Å²) in [6.45, 7) is 0.541. The van der Waals surface area contributed by atoms with Crippen LogP contribution >= 0.6 is 11.6 Å². The molecule has 200 valence electrons. The van der Waals surface area contributed by atoms with E-state index in [1.54, 1.807) is 72.3 Å². The van der Waals surface area contributed by atoms with Crippen LogP contribution in [0.3, 0.4) is 0 Å². The smallest absolute Gasteiger partial charge is 0.273 e. The number of nitrogens with zero attached hydrogens (tertiary/aromatic N) is 8. The summed E-state index contributed by atoms with van der Waals surface area (Å²) in [5.41, 5.74) is 2.71. The molecule has 0 saturated carbocycles. The van der Waals surface area contributed by atoms with Crippen molar-refractivity contribution in [1.29, 1.82) is 0 Å². The molecule has 1 saturated heterocycles. The third kappa shape index (κ3) is 4.68. The molecular formula is C27H24ClN10O2+. The molecule has 2 atom stereocenters. The molecule has 0 spiro atoms. The highest BCUT2D eigenvalue weighted by Gasteiger charge is 2.47. The monoisotopic (exact) mass is 555 g/mol. The average molecular weight is 556 g/mol. The van der Waals surface area contributed by atoms with E-state index in [1.165, 1.54) is 6.20 Å². The first-order valence-corrected chi connectivity index (χ1v) is 13.0. The normalized spacial score (nSPS) is 21.7. The fraction of sp³-hybridized carbons (Fsp3) is 0.185. The van der Waals surface area contributed by atoms with Gasteiger partial charge in [-0.3, -0.25) is 19.9 Å². The third-order valence-corrected chi connectivity index (χ3v) is 7.13. The van der Waals surface area contributed by atoms with E-state index in [2.05, 4.69) is 30.2 Å². The third-order valence-electron chi connectivity index (χ3n) is 6.94. The number of allylic oxidation sites excluding steroid dienone is 1. The number of aliphatic imine (C=N–C) groups is 2. The van der Waals surface area contributed by atoms with Gasteiger partial charge in [-0.1, -0.05) is 0 Å². The summed E-state index contributed by atoms with van der Waals surface area (Å²) in [6.07, 6.45) is 12.1. The Balaban J connectivity index is 1.32. The number of nitrogens with two attached hydrogens (primary N) is 1. The summed E-state index contributed by atoms with van der Waals surface area (Å²) >= 11 is 5.96. The van der Waals surface area contributed by atoms with Crippen LogP contribution in [-0.4, -0.2) is 65.9 Å². The van der Waals surface area contributed by atoms with Crippen LogP contribution in [0.4, 0.5) is 5.95 Å². The van der Waals surface area contributed by atoms with Crippen molar-refractivity contribution in [3.8, 4) is 0 Å². The lowest BCUT2D eigenvalue weighted by atomic mass is 9.97. The minimum atomic E-state index is -0.339. The Bertz CT molecular complexity index is 1600. The molecule has 0 aliphatic carbocycles. The summed E-state index contributed by atoms with van der Waals surface area (Å²) < 4.78 is -0.208. The molecule has 2 amide bonds. The molecule has 2 unspecified atom stereocenters. The van der Waals surface area contributed by atoms with Crippen LogP contribution in [0.2, 0.25) is 5.28 Å². The minimum absolute atomic E-state index is 0.0122. The van der Waals surface area contributed by atoms with Crippen LogP contribution in [-0.2, 0) is 0 Å². The molecular weight excluding hydrogens is 532 g/mol. The lowest BCUT2D eigenvalue weighted by Gasteiger charge is -2.35. The lowest BCUT2D eigenvalue weighted by molar-refractivity contribution is -0.750. The van der Waals surface area contributed by atoms with Crippen molar-refractivity contribution in [2.24, 2.45) is 15.8 Å². The summed E-state index contributed by atoms with van der Waals surface area (Å²) in [6, 6.07) is 9.85. The van der Waals surface area contributed by atoms with Crippen molar-refractivity contribution >= 4 is 41.4 Å². The first-order valence-electron chi connectivity index (χ1n) is 12.6. The van der Waals surface area contributed by atoms with Gasteiger partial charge in [0, 0.05) is 30.7 Å². The average Bonchev–Trinajstić information content (AvgIpc) is 3.30. The van der Waals surface area contributed by atoms with E-state index in [0.29, 0.717) is 35.8 Å². The molecule has 12 nitrogen and oxygen atoms in total. The van der Waals surface area contributed by atoms with Crippen molar-refractivity contribution < 1.29 is 14.2 Å². The quantitative estimate of drug-likeness (QED) is 0.279. The van der Waals surface area contributed by atoms with Gasteiger partial charge in [0.25, 0.3) is 17.6 Å². The molecule has 40 heavy (non-hydrogen) atoms. The number of aromatic nitrogens is 4. The van der Waals surface area contributed by atoms with Gasteiger partial charge >= 0.3 is 0 Å². The van der Waals surface area contributed by atoms with Crippen molar-refractivity contribution in [1.82, 2.24) is 24.8 Å². The lowest BCUT2D eigenvalue weighted by Crippen LogP contribution is -2.53. The predicted molar refractivity (Wildman–Crippen MR) is 148 cm³/mol. The van der Waals surface area contributed by atoms with Gasteiger partial charge in [-0.05, 0) is 67.3 Å². The van der Waals surface area contributed by atoms with Crippen molar-refractivity contribution in [2.75, 3.05) is 11.9 Å². The van der Waals surface area contributed by atoms with Crippen molar-refractivity contribution in [3.63, 3.8) is 0 Å². The maximum Gasteiger partial charge on any atom is 0.273 e. The molecule has 2 aromatic heterocycles. The molecule has 1 aromatic carbocycles. The highest BCUT2D eigenvalue weighted by molar-refractivity contribution is 6.28. The SMILES string of the molecule is N[N+]12C=CN=CC1=C(C1CCCCN1C(=O)c1ccnc(Cl)n1)N=C2c1ccc(C(=O)Nc2ncccn2)cc1. The highest BCUT2D eigenvalue weighted by Crippen LogP contribution is 2.37. The minimum Gasteiger partial charge on any atom is -0.328 e. The Morgan fingerprint density at radius 2 is 1.85 bits per heavy atom. The predicted octanol–water partition coefficient (Wildman–Crippen LogP) is 3.09. The number of benzene rings is 1. The van der Waals surface area contributed by atoms with Crippen molar-refractivity contribution in [3.05, 3.63) is 101 Å². The number of quaternary nitrogens is 1. The number of hydrogen-bond donors (Lipinski definition) is 2.